The van der Waals surface area contributed by atoms with Gasteiger partial charge in [0.1, 0.15) is 16.7 Å². The van der Waals surface area contributed by atoms with Gasteiger partial charge in [-0.15, -0.1) is 0 Å². The molecule has 334 valence electrons. The Morgan fingerprint density at radius 1 is 0.324 bits per heavy atom. The molecule has 0 amide bonds. The Bertz CT molecular complexity index is 4120. The van der Waals surface area contributed by atoms with Crippen molar-refractivity contribution in [1.82, 2.24) is 4.57 Å². The molecule has 1 unspecified atom stereocenters. The minimum Gasteiger partial charge on any atom is -0.456 e. The maximum Gasteiger partial charge on any atom is 0.135 e. The normalized spacial score (nSPS) is 14.0. The Kier molecular flexibility index (Phi) is 9.39. The van der Waals surface area contributed by atoms with Gasteiger partial charge in [0.2, 0.25) is 0 Å². The van der Waals surface area contributed by atoms with E-state index in [1.165, 1.54) is 55.2 Å². The van der Waals surface area contributed by atoms with E-state index in [0.717, 1.165) is 61.6 Å². The van der Waals surface area contributed by atoms with E-state index >= 15 is 0 Å². The van der Waals surface area contributed by atoms with E-state index in [2.05, 4.69) is 281 Å². The van der Waals surface area contributed by atoms with Crippen LogP contribution < -0.4 is 9.80 Å². The summed E-state index contributed by atoms with van der Waals surface area (Å²) in [4.78, 5) is 5.00. The molecule has 0 aliphatic heterocycles. The van der Waals surface area contributed by atoms with Gasteiger partial charge in [-0.2, -0.15) is 0 Å². The van der Waals surface area contributed by atoms with Gasteiger partial charge in [0.25, 0.3) is 0 Å². The monoisotopic (exact) mass is 907 g/mol. The third kappa shape index (κ3) is 6.32. The van der Waals surface area contributed by atoms with Crippen molar-refractivity contribution >= 4 is 72.2 Å². The van der Waals surface area contributed by atoms with Crippen LogP contribution in [0.25, 0.3) is 71.7 Å². The Hall–Kier alpha value is -9.38. The Balaban J connectivity index is 1.04. The van der Waals surface area contributed by atoms with E-state index in [1.807, 2.05) is 6.07 Å². The van der Waals surface area contributed by atoms with Gasteiger partial charge in [0.05, 0.1) is 16.7 Å². The van der Waals surface area contributed by atoms with Gasteiger partial charge < -0.3 is 18.8 Å². The first kappa shape index (κ1) is 40.7. The van der Waals surface area contributed by atoms with Crippen molar-refractivity contribution in [2.24, 2.45) is 0 Å². The maximum atomic E-state index is 6.44. The predicted octanol–water partition coefficient (Wildman–Crippen LogP) is 17.9. The zero-order valence-corrected chi connectivity index (χ0v) is 38.7. The molecule has 4 heteroatoms. The van der Waals surface area contributed by atoms with Crippen LogP contribution >= 0.6 is 0 Å². The molecule has 1 aliphatic rings. The van der Waals surface area contributed by atoms with E-state index in [4.69, 9.17) is 4.42 Å². The van der Waals surface area contributed by atoms with Crippen molar-refractivity contribution in [3.05, 3.63) is 290 Å². The SMILES string of the molecule is c1ccc(-c2ccccc2-n2c3ccccc3c3ccc(N(c4ccccc4)c4ccc5c(c4)C(c4ccccc4)(N(c4ccccc4)c4ccc6oc7ccccc7c6c4)c4ccccc4-5)cc32)cc1. The number of nitrogens with zero attached hydrogens (tertiary/aromatic N) is 3. The van der Waals surface area contributed by atoms with Crippen LogP contribution in [-0.4, -0.2) is 4.57 Å². The number of hydrogen-bond acceptors (Lipinski definition) is 3. The summed E-state index contributed by atoms with van der Waals surface area (Å²) in [6.45, 7) is 0. The number of benzene rings is 11. The zero-order valence-electron chi connectivity index (χ0n) is 38.7. The van der Waals surface area contributed by atoms with Crippen molar-refractivity contribution in [3.8, 4) is 27.9 Å². The second-order valence-corrected chi connectivity index (χ2v) is 18.4. The van der Waals surface area contributed by atoms with Crippen LogP contribution in [-0.2, 0) is 5.54 Å². The van der Waals surface area contributed by atoms with Gasteiger partial charge in [-0.05, 0) is 118 Å². The van der Waals surface area contributed by atoms with Gasteiger partial charge in [-0.25, -0.2) is 0 Å². The van der Waals surface area contributed by atoms with Crippen LogP contribution in [0, 0.1) is 0 Å². The molecule has 1 aliphatic carbocycles. The molecular weight excluding hydrogens is 863 g/mol. The first-order chi connectivity index (χ1) is 35.2. The summed E-state index contributed by atoms with van der Waals surface area (Å²) in [5.41, 5.74) is 18.0. The van der Waals surface area contributed by atoms with Crippen LogP contribution in [0.3, 0.4) is 0 Å². The summed E-state index contributed by atoms with van der Waals surface area (Å²) in [6, 6.07) is 99.2. The van der Waals surface area contributed by atoms with E-state index in [1.54, 1.807) is 0 Å². The van der Waals surface area contributed by atoms with Gasteiger partial charge in [-0.3, -0.25) is 0 Å². The topological polar surface area (TPSA) is 24.6 Å². The van der Waals surface area contributed by atoms with Crippen molar-refractivity contribution in [2.45, 2.75) is 5.54 Å². The quantitative estimate of drug-likeness (QED) is 0.144. The molecule has 1 atom stereocenters. The van der Waals surface area contributed by atoms with E-state index < -0.39 is 5.54 Å². The molecule has 0 saturated carbocycles. The van der Waals surface area contributed by atoms with Crippen molar-refractivity contribution < 1.29 is 4.42 Å². The summed E-state index contributed by atoms with van der Waals surface area (Å²) in [5, 5.41) is 4.60. The summed E-state index contributed by atoms with van der Waals surface area (Å²) in [5.74, 6) is 0. The molecule has 0 fully saturated rings. The van der Waals surface area contributed by atoms with E-state index in [9.17, 15) is 0 Å². The third-order valence-corrected chi connectivity index (χ3v) is 14.6. The molecular formula is C67H45N3O. The number of hydrogen-bond donors (Lipinski definition) is 0. The second-order valence-electron chi connectivity index (χ2n) is 18.4. The number of furan rings is 1. The molecule has 13 aromatic rings. The van der Waals surface area contributed by atoms with Gasteiger partial charge in [0.15, 0.2) is 0 Å². The number of fused-ring (bicyclic) bond motifs is 9. The van der Waals surface area contributed by atoms with Crippen LogP contribution in [0.5, 0.6) is 0 Å². The first-order valence-corrected chi connectivity index (χ1v) is 24.3. The molecule has 0 saturated heterocycles. The summed E-state index contributed by atoms with van der Waals surface area (Å²) < 4.78 is 8.90. The molecule has 0 bridgehead atoms. The fraction of sp³-hybridized carbons (Fsp3) is 0.0149. The highest BCUT2D eigenvalue weighted by Gasteiger charge is 2.50. The molecule has 2 aromatic heterocycles. The first-order valence-electron chi connectivity index (χ1n) is 24.3. The third-order valence-electron chi connectivity index (χ3n) is 14.6. The standard InChI is InChI=1S/C67H45N3O/c1-5-21-46(22-6-1)53-29-14-18-34-62(53)69-63-35-19-15-31-56(63)57-41-38-51(45-64(57)69)68(48-25-9-3-10-26-48)50-37-40-55-54-30-13-17-33-60(54)67(61(55)44-50,47-23-7-2-8-24-47)70(49-27-11-4-12-28-49)52-39-42-66-59(43-52)58-32-16-20-36-65(58)71-66/h1-45H. The average Bonchev–Trinajstić information content (AvgIpc) is 4.09. The molecule has 0 spiro atoms. The number of anilines is 5. The fourth-order valence-corrected chi connectivity index (χ4v) is 11.6. The molecule has 0 radical (unpaired) electrons. The Labute approximate surface area is 412 Å². The Morgan fingerprint density at radius 2 is 0.887 bits per heavy atom. The smallest absolute Gasteiger partial charge is 0.135 e. The summed E-state index contributed by atoms with van der Waals surface area (Å²) in [6.07, 6.45) is 0. The lowest BCUT2D eigenvalue weighted by molar-refractivity contribution is 0.643. The zero-order chi connectivity index (χ0) is 46.9. The second kappa shape index (κ2) is 16.4. The summed E-state index contributed by atoms with van der Waals surface area (Å²) >= 11 is 0. The summed E-state index contributed by atoms with van der Waals surface area (Å²) in [7, 11) is 0. The van der Waals surface area contributed by atoms with E-state index in [-0.39, 0.29) is 0 Å². The van der Waals surface area contributed by atoms with E-state index in [0.29, 0.717) is 0 Å². The highest BCUT2D eigenvalue weighted by molar-refractivity contribution is 6.11. The highest BCUT2D eigenvalue weighted by atomic mass is 16.3. The number of para-hydroxylation sites is 5. The average molecular weight is 908 g/mol. The Morgan fingerprint density at radius 3 is 1.69 bits per heavy atom. The van der Waals surface area contributed by atoms with Crippen LogP contribution in [0.15, 0.2) is 277 Å². The lowest BCUT2D eigenvalue weighted by atomic mass is 9.78. The number of rotatable bonds is 9. The predicted molar refractivity (Wildman–Crippen MR) is 295 cm³/mol. The minimum atomic E-state index is -0.822. The van der Waals surface area contributed by atoms with Crippen LogP contribution in [0.2, 0.25) is 0 Å². The largest absolute Gasteiger partial charge is 0.456 e. The van der Waals surface area contributed by atoms with Crippen LogP contribution in [0.4, 0.5) is 28.4 Å². The van der Waals surface area contributed by atoms with Gasteiger partial charge in [-0.1, -0.05) is 188 Å². The minimum absolute atomic E-state index is 0.822. The van der Waals surface area contributed by atoms with Crippen molar-refractivity contribution in [1.29, 1.82) is 0 Å². The molecule has 11 aromatic carbocycles. The van der Waals surface area contributed by atoms with Crippen molar-refractivity contribution in [3.63, 3.8) is 0 Å². The lowest BCUT2D eigenvalue weighted by Crippen LogP contribution is -2.44. The van der Waals surface area contributed by atoms with Crippen LogP contribution in [0.1, 0.15) is 16.7 Å². The molecule has 14 rings (SSSR count). The fourth-order valence-electron chi connectivity index (χ4n) is 11.6. The molecule has 71 heavy (non-hydrogen) atoms. The lowest BCUT2D eigenvalue weighted by Gasteiger charge is -2.45. The van der Waals surface area contributed by atoms with Gasteiger partial charge >= 0.3 is 0 Å². The number of aromatic nitrogens is 1. The van der Waals surface area contributed by atoms with Gasteiger partial charge in [0, 0.05) is 55.5 Å². The highest BCUT2D eigenvalue weighted by Crippen LogP contribution is 2.59. The molecule has 0 N–H and O–H groups in total. The molecule has 4 nitrogen and oxygen atoms in total. The van der Waals surface area contributed by atoms with Crippen molar-refractivity contribution in [2.75, 3.05) is 9.80 Å². The molecule has 2 heterocycles. The maximum absolute atomic E-state index is 6.44.